The topological polar surface area (TPSA) is 90.0 Å². The van der Waals surface area contributed by atoms with Crippen molar-refractivity contribution in [3.63, 3.8) is 0 Å². The van der Waals surface area contributed by atoms with Crippen LogP contribution in [0.15, 0.2) is 72.8 Å². The highest BCUT2D eigenvalue weighted by Gasteiger charge is 2.35. The molecule has 0 aromatic heterocycles. The maximum absolute atomic E-state index is 14.9. The third-order valence-corrected chi connectivity index (χ3v) is 8.59. The molecule has 0 radical (unpaired) electrons. The Hall–Kier alpha value is -3.18. The molecule has 0 saturated heterocycles. The minimum Gasteiger partial charge on any atom is -0.352 e. The summed E-state index contributed by atoms with van der Waals surface area (Å²) < 4.78 is 43.1. The lowest BCUT2D eigenvalue weighted by atomic mass is 10.0. The molecule has 3 aromatic rings. The number of anilines is 1. The zero-order valence-electron chi connectivity index (χ0n) is 23.2. The van der Waals surface area contributed by atoms with Crippen LogP contribution >= 0.6 is 23.2 Å². The van der Waals surface area contributed by atoms with Crippen LogP contribution in [0.1, 0.15) is 25.0 Å². The summed E-state index contributed by atoms with van der Waals surface area (Å²) in [5, 5.41) is 3.52. The summed E-state index contributed by atoms with van der Waals surface area (Å²) in [6.45, 7) is 2.68. The van der Waals surface area contributed by atoms with Crippen LogP contribution in [0.3, 0.4) is 0 Å². The van der Waals surface area contributed by atoms with Crippen molar-refractivity contribution >= 4 is 50.9 Å². The number of amides is 2. The number of nitrogens with zero attached hydrogens (tertiary/aromatic N) is 3. The fourth-order valence-corrected chi connectivity index (χ4v) is 5.66. The van der Waals surface area contributed by atoms with Gasteiger partial charge in [-0.3, -0.25) is 9.59 Å². The lowest BCUT2D eigenvalue weighted by molar-refractivity contribution is -0.140. The predicted molar refractivity (Wildman–Crippen MR) is 161 cm³/mol. The zero-order chi connectivity index (χ0) is 30.3. The second-order valence-electron chi connectivity index (χ2n) is 9.87. The van der Waals surface area contributed by atoms with Gasteiger partial charge in [0.15, 0.2) is 0 Å². The summed E-state index contributed by atoms with van der Waals surface area (Å²) in [4.78, 5) is 29.0. The van der Waals surface area contributed by atoms with Gasteiger partial charge in [0.05, 0.1) is 5.69 Å². The van der Waals surface area contributed by atoms with E-state index in [1.807, 2.05) is 30.3 Å². The Balaban J connectivity index is 2.13. The highest BCUT2D eigenvalue weighted by atomic mass is 35.5. The number of nitrogens with one attached hydrogen (secondary N) is 1. The number of benzene rings is 3. The van der Waals surface area contributed by atoms with Crippen LogP contribution < -0.4 is 9.62 Å². The van der Waals surface area contributed by atoms with Gasteiger partial charge in [0.25, 0.3) is 0 Å². The Kier molecular flexibility index (Phi) is 11.1. The lowest BCUT2D eigenvalue weighted by Gasteiger charge is -2.35. The van der Waals surface area contributed by atoms with Crippen LogP contribution in [0.25, 0.3) is 0 Å². The van der Waals surface area contributed by atoms with Crippen LogP contribution in [0.4, 0.5) is 10.1 Å². The van der Waals surface area contributed by atoms with E-state index in [1.165, 1.54) is 43.3 Å². The van der Waals surface area contributed by atoms with Crippen LogP contribution in [-0.2, 0) is 32.8 Å². The molecule has 0 aliphatic rings. The molecule has 0 fully saturated rings. The van der Waals surface area contributed by atoms with E-state index in [4.69, 9.17) is 23.2 Å². The van der Waals surface area contributed by atoms with Crippen LogP contribution in [-0.4, -0.2) is 62.2 Å². The Morgan fingerprint density at radius 2 is 1.59 bits per heavy atom. The molecule has 0 aliphatic heterocycles. The minimum absolute atomic E-state index is 0.134. The van der Waals surface area contributed by atoms with Crippen molar-refractivity contribution in [1.29, 1.82) is 0 Å². The molecule has 3 aromatic carbocycles. The summed E-state index contributed by atoms with van der Waals surface area (Å²) in [7, 11) is -1.75. The maximum atomic E-state index is 14.9. The number of hydrogen-bond acceptors (Lipinski definition) is 4. The Morgan fingerprint density at radius 1 is 0.951 bits per heavy atom. The van der Waals surface area contributed by atoms with Crippen molar-refractivity contribution in [2.75, 3.05) is 24.9 Å². The second-order valence-corrected chi connectivity index (χ2v) is 12.8. The first-order valence-electron chi connectivity index (χ1n) is 12.8. The molecule has 0 aliphatic carbocycles. The molecule has 3 rings (SSSR count). The average Bonchev–Trinajstić information content (AvgIpc) is 2.90. The van der Waals surface area contributed by atoms with Gasteiger partial charge in [-0.15, -0.1) is 0 Å². The van der Waals surface area contributed by atoms with Crippen molar-refractivity contribution in [2.45, 2.75) is 38.9 Å². The van der Waals surface area contributed by atoms with Gasteiger partial charge in [0.2, 0.25) is 11.8 Å². The average molecular weight is 624 g/mol. The first-order valence-corrected chi connectivity index (χ1v) is 15.0. The molecule has 12 heteroatoms. The van der Waals surface area contributed by atoms with Gasteiger partial charge in [0.1, 0.15) is 18.4 Å². The summed E-state index contributed by atoms with van der Waals surface area (Å²) in [5.74, 6) is -1.99. The normalized spacial score (nSPS) is 12.3. The molecule has 0 spiro atoms. The molecule has 41 heavy (non-hydrogen) atoms. The van der Waals surface area contributed by atoms with E-state index in [2.05, 4.69) is 5.32 Å². The monoisotopic (exact) mass is 622 g/mol. The molecule has 1 atom stereocenters. The molecule has 1 unspecified atom stereocenters. The SMILES string of the molecule is CC(C)NC(=O)C(Cc1ccccc1)N(Cc1ccc(Cl)cc1Cl)C(=O)CN(c1ccccc1F)S(=O)(=O)N(C)C. The van der Waals surface area contributed by atoms with E-state index in [1.54, 1.807) is 26.0 Å². The van der Waals surface area contributed by atoms with Gasteiger partial charge >= 0.3 is 10.2 Å². The number of rotatable bonds is 12. The highest BCUT2D eigenvalue weighted by Crippen LogP contribution is 2.26. The minimum atomic E-state index is -4.32. The maximum Gasteiger partial charge on any atom is 0.304 e. The number of halogens is 3. The molecule has 0 bridgehead atoms. The first-order chi connectivity index (χ1) is 19.3. The second kappa shape index (κ2) is 14.1. The van der Waals surface area contributed by atoms with E-state index < -0.39 is 40.4 Å². The highest BCUT2D eigenvalue weighted by molar-refractivity contribution is 7.90. The van der Waals surface area contributed by atoms with E-state index in [0.29, 0.717) is 14.9 Å². The van der Waals surface area contributed by atoms with Crippen molar-refractivity contribution in [3.05, 3.63) is 99.8 Å². The van der Waals surface area contributed by atoms with Crippen LogP contribution in [0, 0.1) is 5.82 Å². The van der Waals surface area contributed by atoms with E-state index in [0.717, 1.165) is 15.9 Å². The van der Waals surface area contributed by atoms with Gasteiger partial charge in [0, 0.05) is 43.1 Å². The van der Waals surface area contributed by atoms with Crippen molar-refractivity contribution in [2.24, 2.45) is 0 Å². The number of carbonyl (C=O) groups excluding carboxylic acids is 2. The fourth-order valence-electron chi connectivity index (χ4n) is 4.12. The molecular formula is C29H33Cl2FN4O4S. The van der Waals surface area contributed by atoms with Crippen molar-refractivity contribution in [1.82, 2.24) is 14.5 Å². The third-order valence-electron chi connectivity index (χ3n) is 6.20. The Bertz CT molecular complexity index is 1470. The van der Waals surface area contributed by atoms with E-state index in [9.17, 15) is 22.4 Å². The molecule has 220 valence electrons. The van der Waals surface area contributed by atoms with Gasteiger partial charge in [-0.2, -0.15) is 12.7 Å². The molecular weight excluding hydrogens is 590 g/mol. The van der Waals surface area contributed by atoms with Gasteiger partial charge in [-0.05, 0) is 49.2 Å². The largest absolute Gasteiger partial charge is 0.352 e. The summed E-state index contributed by atoms with van der Waals surface area (Å²) in [6.07, 6.45) is 0.135. The molecule has 8 nitrogen and oxygen atoms in total. The Labute approximate surface area is 250 Å². The van der Waals surface area contributed by atoms with Crippen LogP contribution in [0.2, 0.25) is 10.0 Å². The lowest BCUT2D eigenvalue weighted by Crippen LogP contribution is -2.55. The molecule has 1 N–H and O–H groups in total. The smallest absolute Gasteiger partial charge is 0.304 e. The standard InChI is InChI=1S/C29H33Cl2FN4O4S/c1-20(2)33-29(38)27(16-21-10-6-5-7-11-21)35(18-22-14-15-23(30)17-24(22)31)28(37)19-36(41(39,40)34(3)4)26-13-9-8-12-25(26)32/h5-15,17,20,27H,16,18-19H2,1-4H3,(H,33,38). The predicted octanol–water partition coefficient (Wildman–Crippen LogP) is 4.91. The van der Waals surface area contributed by atoms with E-state index >= 15 is 0 Å². The summed E-state index contributed by atoms with van der Waals surface area (Å²) in [6, 6.07) is 17.9. The van der Waals surface area contributed by atoms with E-state index in [-0.39, 0.29) is 29.7 Å². The number of hydrogen-bond donors (Lipinski definition) is 1. The van der Waals surface area contributed by atoms with Gasteiger partial charge in [-0.1, -0.05) is 71.7 Å². The van der Waals surface area contributed by atoms with Crippen LogP contribution in [0.5, 0.6) is 0 Å². The van der Waals surface area contributed by atoms with Gasteiger partial charge < -0.3 is 10.2 Å². The van der Waals surface area contributed by atoms with Crippen molar-refractivity contribution < 1.29 is 22.4 Å². The van der Waals surface area contributed by atoms with Crippen molar-refractivity contribution in [3.8, 4) is 0 Å². The summed E-state index contributed by atoms with van der Waals surface area (Å²) in [5.41, 5.74) is 0.973. The van der Waals surface area contributed by atoms with Gasteiger partial charge in [-0.25, -0.2) is 8.70 Å². The Morgan fingerprint density at radius 3 is 2.17 bits per heavy atom. The molecule has 0 heterocycles. The molecule has 2 amide bonds. The number of para-hydroxylation sites is 1. The summed E-state index contributed by atoms with van der Waals surface area (Å²) >= 11 is 12.5. The zero-order valence-corrected chi connectivity index (χ0v) is 25.5. The first kappa shape index (κ1) is 32.3. The quantitative estimate of drug-likeness (QED) is 0.311. The molecule has 0 saturated carbocycles. The number of carbonyl (C=O) groups is 2. The third kappa shape index (κ3) is 8.42. The fraction of sp³-hybridized carbons (Fsp3) is 0.310.